The second-order valence-electron chi connectivity index (χ2n) is 4.73. The number of benzene rings is 2. The summed E-state index contributed by atoms with van der Waals surface area (Å²) in [6, 6.07) is 16.3. The lowest BCUT2D eigenvalue weighted by atomic mass is 10.2. The molecule has 2 aromatic carbocycles. The highest BCUT2D eigenvalue weighted by Crippen LogP contribution is 2.17. The monoisotopic (exact) mass is 287 g/mol. The highest BCUT2D eigenvalue weighted by molar-refractivity contribution is 5.80. The first-order valence-corrected chi connectivity index (χ1v) is 6.70. The fourth-order valence-electron chi connectivity index (χ4n) is 2.09. The molecule has 0 saturated carbocycles. The van der Waals surface area contributed by atoms with E-state index in [9.17, 15) is 4.39 Å². The number of hydrogen-bond acceptors (Lipinski definition) is 3. The van der Waals surface area contributed by atoms with Gasteiger partial charge in [-0.1, -0.05) is 35.5 Å². The molecule has 2 rings (SSSR count). The van der Waals surface area contributed by atoms with Crippen LogP contribution in [0.5, 0.6) is 0 Å². The maximum atomic E-state index is 13.3. The lowest BCUT2D eigenvalue weighted by Gasteiger charge is -2.25. The SMILES string of the molecule is N/C(CCN(Cc1cccc(F)c1)c1ccccc1)=N\O. The standard InChI is InChI=1S/C16H18FN3O/c17-14-6-4-5-13(11-14)12-20(10-9-16(18)19-21)15-7-2-1-3-8-15/h1-8,11,21H,9-10,12H2,(H2,18,19). The first kappa shape index (κ1) is 14.8. The average Bonchev–Trinajstić information content (AvgIpc) is 2.52. The molecule has 21 heavy (non-hydrogen) atoms. The summed E-state index contributed by atoms with van der Waals surface area (Å²) >= 11 is 0. The van der Waals surface area contributed by atoms with Crippen molar-refractivity contribution in [2.75, 3.05) is 11.4 Å². The van der Waals surface area contributed by atoms with Crippen LogP contribution in [-0.4, -0.2) is 17.6 Å². The third kappa shape index (κ3) is 4.49. The summed E-state index contributed by atoms with van der Waals surface area (Å²) in [4.78, 5) is 2.06. The van der Waals surface area contributed by atoms with E-state index in [2.05, 4.69) is 10.1 Å². The molecule has 0 aromatic heterocycles. The second-order valence-corrected chi connectivity index (χ2v) is 4.73. The van der Waals surface area contributed by atoms with Crippen molar-refractivity contribution < 1.29 is 9.60 Å². The van der Waals surface area contributed by atoms with Crippen molar-refractivity contribution in [3.63, 3.8) is 0 Å². The molecule has 110 valence electrons. The number of anilines is 1. The first-order valence-electron chi connectivity index (χ1n) is 6.70. The van der Waals surface area contributed by atoms with Crippen LogP contribution in [0.4, 0.5) is 10.1 Å². The van der Waals surface area contributed by atoms with Gasteiger partial charge in [0.05, 0.1) is 0 Å². The molecule has 0 heterocycles. The van der Waals surface area contributed by atoms with Gasteiger partial charge in [-0.15, -0.1) is 0 Å². The quantitative estimate of drug-likeness (QED) is 0.371. The molecule has 0 bridgehead atoms. The molecule has 0 fully saturated rings. The van der Waals surface area contributed by atoms with Crippen molar-refractivity contribution in [1.82, 2.24) is 0 Å². The van der Waals surface area contributed by atoms with Gasteiger partial charge in [0.25, 0.3) is 0 Å². The Balaban J connectivity index is 2.15. The van der Waals surface area contributed by atoms with Crippen molar-refractivity contribution in [2.45, 2.75) is 13.0 Å². The Kier molecular flexibility index (Phi) is 5.15. The number of rotatable bonds is 6. The van der Waals surface area contributed by atoms with Crippen LogP contribution in [0.1, 0.15) is 12.0 Å². The normalized spacial score (nSPS) is 11.4. The predicted octanol–water partition coefficient (Wildman–Crippen LogP) is 2.97. The zero-order valence-corrected chi connectivity index (χ0v) is 11.6. The van der Waals surface area contributed by atoms with Gasteiger partial charge in [-0.2, -0.15) is 0 Å². The van der Waals surface area contributed by atoms with Crippen LogP contribution in [0.25, 0.3) is 0 Å². The van der Waals surface area contributed by atoms with Crippen LogP contribution < -0.4 is 10.6 Å². The molecule has 0 atom stereocenters. The van der Waals surface area contributed by atoms with Gasteiger partial charge in [0.2, 0.25) is 0 Å². The van der Waals surface area contributed by atoms with E-state index in [0.717, 1.165) is 11.3 Å². The van der Waals surface area contributed by atoms with Crippen molar-refractivity contribution in [1.29, 1.82) is 0 Å². The molecule has 0 aliphatic carbocycles. The van der Waals surface area contributed by atoms with Crippen molar-refractivity contribution in [3.05, 3.63) is 66.0 Å². The number of hydrogen-bond donors (Lipinski definition) is 2. The zero-order chi connectivity index (χ0) is 15.1. The zero-order valence-electron chi connectivity index (χ0n) is 11.6. The predicted molar refractivity (Wildman–Crippen MR) is 81.9 cm³/mol. The molecule has 0 unspecified atom stereocenters. The number of nitrogens with two attached hydrogens (primary N) is 1. The Labute approximate surface area is 123 Å². The number of para-hydroxylation sites is 1. The summed E-state index contributed by atoms with van der Waals surface area (Å²) in [6.45, 7) is 1.14. The first-order chi connectivity index (χ1) is 10.2. The Morgan fingerprint density at radius 2 is 1.90 bits per heavy atom. The molecule has 0 aliphatic heterocycles. The van der Waals surface area contributed by atoms with Crippen molar-refractivity contribution in [3.8, 4) is 0 Å². The summed E-state index contributed by atoms with van der Waals surface area (Å²) < 4.78 is 13.3. The van der Waals surface area contributed by atoms with Crippen LogP contribution in [0.2, 0.25) is 0 Å². The van der Waals surface area contributed by atoms with E-state index in [4.69, 9.17) is 10.9 Å². The van der Waals surface area contributed by atoms with Gasteiger partial charge >= 0.3 is 0 Å². The van der Waals surface area contributed by atoms with Gasteiger partial charge in [-0.25, -0.2) is 4.39 Å². The second kappa shape index (κ2) is 7.28. The maximum absolute atomic E-state index is 13.3. The summed E-state index contributed by atoms with van der Waals surface area (Å²) in [6.07, 6.45) is 0.431. The molecule has 5 heteroatoms. The summed E-state index contributed by atoms with van der Waals surface area (Å²) in [7, 11) is 0. The van der Waals surface area contributed by atoms with E-state index in [1.54, 1.807) is 6.07 Å². The molecule has 4 nitrogen and oxygen atoms in total. The van der Waals surface area contributed by atoms with Crippen LogP contribution >= 0.6 is 0 Å². The molecule has 3 N–H and O–H groups in total. The molecule has 0 saturated heterocycles. The van der Waals surface area contributed by atoms with E-state index < -0.39 is 0 Å². The highest BCUT2D eigenvalue weighted by atomic mass is 19.1. The van der Waals surface area contributed by atoms with Gasteiger partial charge in [-0.05, 0) is 29.8 Å². The van der Waals surface area contributed by atoms with Gasteiger partial charge < -0.3 is 15.8 Å². The molecule has 0 aliphatic rings. The third-order valence-corrected chi connectivity index (χ3v) is 3.15. The molecular formula is C16H18FN3O. The lowest BCUT2D eigenvalue weighted by molar-refractivity contribution is 0.317. The van der Waals surface area contributed by atoms with Crippen LogP contribution in [-0.2, 0) is 6.54 Å². The van der Waals surface area contributed by atoms with E-state index in [1.807, 2.05) is 36.4 Å². The minimum Gasteiger partial charge on any atom is -0.409 e. The minimum absolute atomic E-state index is 0.176. The van der Waals surface area contributed by atoms with Gasteiger partial charge in [0, 0.05) is 25.2 Å². The third-order valence-electron chi connectivity index (χ3n) is 3.15. The Morgan fingerprint density at radius 1 is 1.14 bits per heavy atom. The summed E-state index contributed by atoms with van der Waals surface area (Å²) in [5, 5.41) is 11.6. The van der Waals surface area contributed by atoms with E-state index in [0.29, 0.717) is 19.5 Å². The smallest absolute Gasteiger partial charge is 0.140 e. The van der Waals surface area contributed by atoms with Crippen LogP contribution in [0.15, 0.2) is 59.8 Å². The highest BCUT2D eigenvalue weighted by Gasteiger charge is 2.08. The molecule has 0 radical (unpaired) electrons. The average molecular weight is 287 g/mol. The van der Waals surface area contributed by atoms with Crippen molar-refractivity contribution >= 4 is 11.5 Å². The van der Waals surface area contributed by atoms with Crippen molar-refractivity contribution in [2.24, 2.45) is 10.9 Å². The number of halogens is 1. The van der Waals surface area contributed by atoms with Crippen LogP contribution in [0.3, 0.4) is 0 Å². The van der Waals surface area contributed by atoms with Crippen LogP contribution in [0, 0.1) is 5.82 Å². The number of nitrogens with zero attached hydrogens (tertiary/aromatic N) is 2. The molecule has 2 aromatic rings. The van der Waals surface area contributed by atoms with Gasteiger partial charge in [-0.3, -0.25) is 0 Å². The van der Waals surface area contributed by atoms with Gasteiger partial charge in [0.1, 0.15) is 11.7 Å². The fourth-order valence-corrected chi connectivity index (χ4v) is 2.09. The van der Waals surface area contributed by atoms with E-state index in [1.165, 1.54) is 12.1 Å². The number of amidine groups is 1. The lowest BCUT2D eigenvalue weighted by Crippen LogP contribution is -2.27. The minimum atomic E-state index is -0.253. The summed E-state index contributed by atoms with van der Waals surface area (Å²) in [5.41, 5.74) is 7.41. The Hall–Kier alpha value is -2.56. The molecular weight excluding hydrogens is 269 g/mol. The Bertz CT molecular complexity index is 601. The fraction of sp³-hybridized carbons (Fsp3) is 0.188. The topological polar surface area (TPSA) is 61.8 Å². The largest absolute Gasteiger partial charge is 0.409 e. The summed E-state index contributed by atoms with van der Waals surface area (Å²) in [5.74, 6) is -0.0767. The van der Waals surface area contributed by atoms with E-state index >= 15 is 0 Å². The van der Waals surface area contributed by atoms with Gasteiger partial charge in [0.15, 0.2) is 0 Å². The maximum Gasteiger partial charge on any atom is 0.140 e. The van der Waals surface area contributed by atoms with E-state index in [-0.39, 0.29) is 11.7 Å². The molecule has 0 spiro atoms. The number of oxime groups is 1. The Morgan fingerprint density at radius 3 is 2.57 bits per heavy atom. The molecule has 0 amide bonds.